The van der Waals surface area contributed by atoms with E-state index in [0.29, 0.717) is 13.1 Å². The maximum Gasteiger partial charge on any atom is 0.317 e. The lowest BCUT2D eigenvalue weighted by Gasteiger charge is -2.18. The summed E-state index contributed by atoms with van der Waals surface area (Å²) in [4.78, 5) is 13.8. The summed E-state index contributed by atoms with van der Waals surface area (Å²) in [5.41, 5.74) is 3.36. The molecule has 0 aliphatic carbocycles. The molecule has 116 valence electrons. The van der Waals surface area contributed by atoms with Crippen molar-refractivity contribution < 1.29 is 9.53 Å². The Bertz CT molecular complexity index is 623. The Hall–Kier alpha value is -2.49. The molecule has 4 heteroatoms. The fraction of sp³-hybridized carbons (Fsp3) is 0.278. The number of rotatable bonds is 5. The van der Waals surface area contributed by atoms with E-state index in [4.69, 9.17) is 4.74 Å². The summed E-state index contributed by atoms with van der Waals surface area (Å²) < 4.78 is 5.13. The van der Waals surface area contributed by atoms with E-state index >= 15 is 0 Å². The van der Waals surface area contributed by atoms with Gasteiger partial charge in [-0.2, -0.15) is 0 Å². The Morgan fingerprint density at radius 3 is 2.50 bits per heavy atom. The number of carbonyl (C=O) groups excluding carboxylic acids is 1. The number of carbonyl (C=O) groups is 1. The number of urea groups is 1. The predicted molar refractivity (Wildman–Crippen MR) is 87.9 cm³/mol. The van der Waals surface area contributed by atoms with E-state index in [0.717, 1.165) is 16.9 Å². The molecular weight excluding hydrogens is 276 g/mol. The Labute approximate surface area is 131 Å². The lowest BCUT2D eigenvalue weighted by Crippen LogP contribution is -2.36. The fourth-order valence-corrected chi connectivity index (χ4v) is 2.21. The van der Waals surface area contributed by atoms with Gasteiger partial charge >= 0.3 is 6.03 Å². The Morgan fingerprint density at radius 2 is 1.86 bits per heavy atom. The van der Waals surface area contributed by atoms with Crippen LogP contribution in [0.5, 0.6) is 5.75 Å². The highest BCUT2D eigenvalue weighted by Crippen LogP contribution is 2.12. The molecule has 2 aromatic rings. The first-order valence-electron chi connectivity index (χ1n) is 7.26. The van der Waals surface area contributed by atoms with Crippen molar-refractivity contribution in [1.82, 2.24) is 10.2 Å². The number of ether oxygens (including phenoxy) is 1. The van der Waals surface area contributed by atoms with Gasteiger partial charge in [-0.05, 0) is 30.2 Å². The second-order valence-electron chi connectivity index (χ2n) is 5.35. The van der Waals surface area contributed by atoms with Crippen LogP contribution in [-0.2, 0) is 13.1 Å². The van der Waals surface area contributed by atoms with Crippen molar-refractivity contribution >= 4 is 6.03 Å². The molecule has 1 N–H and O–H groups in total. The molecule has 0 fully saturated rings. The zero-order valence-corrected chi connectivity index (χ0v) is 13.3. The summed E-state index contributed by atoms with van der Waals surface area (Å²) in [5.74, 6) is 0.815. The number of methoxy groups -OCH3 is 1. The summed E-state index contributed by atoms with van der Waals surface area (Å²) in [5, 5.41) is 2.93. The van der Waals surface area contributed by atoms with Crippen LogP contribution in [0.3, 0.4) is 0 Å². The molecule has 0 radical (unpaired) electrons. The summed E-state index contributed by atoms with van der Waals surface area (Å²) >= 11 is 0. The quantitative estimate of drug-likeness (QED) is 0.919. The first-order chi connectivity index (χ1) is 10.6. The Morgan fingerprint density at radius 1 is 1.14 bits per heavy atom. The van der Waals surface area contributed by atoms with Crippen LogP contribution in [-0.4, -0.2) is 25.1 Å². The first kappa shape index (κ1) is 15.9. The monoisotopic (exact) mass is 298 g/mol. The number of benzene rings is 2. The molecule has 0 saturated heterocycles. The SMILES string of the molecule is COc1ccc(CN(C)C(=O)NCc2cccc(C)c2)cc1. The molecule has 2 aromatic carbocycles. The van der Waals surface area contributed by atoms with Gasteiger partial charge in [-0.1, -0.05) is 42.0 Å². The lowest BCUT2D eigenvalue weighted by molar-refractivity contribution is 0.206. The number of nitrogens with zero attached hydrogens (tertiary/aromatic N) is 1. The minimum absolute atomic E-state index is 0.0858. The fourth-order valence-electron chi connectivity index (χ4n) is 2.21. The average Bonchev–Trinajstić information content (AvgIpc) is 2.53. The van der Waals surface area contributed by atoms with Gasteiger partial charge in [0.25, 0.3) is 0 Å². The van der Waals surface area contributed by atoms with Crippen molar-refractivity contribution in [2.24, 2.45) is 0 Å². The second kappa shape index (κ2) is 7.50. The van der Waals surface area contributed by atoms with Gasteiger partial charge in [-0.25, -0.2) is 4.79 Å². The van der Waals surface area contributed by atoms with E-state index in [1.807, 2.05) is 49.4 Å². The summed E-state index contributed by atoms with van der Waals surface area (Å²) in [6.45, 7) is 3.14. The molecule has 0 spiro atoms. The van der Waals surface area contributed by atoms with E-state index < -0.39 is 0 Å². The van der Waals surface area contributed by atoms with E-state index in [2.05, 4.69) is 11.4 Å². The van der Waals surface area contributed by atoms with Gasteiger partial charge in [0, 0.05) is 20.1 Å². The van der Waals surface area contributed by atoms with Crippen LogP contribution in [0.4, 0.5) is 4.79 Å². The number of aryl methyl sites for hydroxylation is 1. The molecule has 0 heterocycles. The summed E-state index contributed by atoms with van der Waals surface area (Å²) in [6.07, 6.45) is 0. The average molecular weight is 298 g/mol. The minimum atomic E-state index is -0.0858. The molecule has 0 aliphatic heterocycles. The zero-order chi connectivity index (χ0) is 15.9. The first-order valence-corrected chi connectivity index (χ1v) is 7.26. The maximum absolute atomic E-state index is 12.1. The van der Waals surface area contributed by atoms with Crippen molar-refractivity contribution in [2.45, 2.75) is 20.0 Å². The number of nitrogens with one attached hydrogen (secondary N) is 1. The van der Waals surface area contributed by atoms with Crippen LogP contribution < -0.4 is 10.1 Å². The van der Waals surface area contributed by atoms with Gasteiger partial charge in [-0.15, -0.1) is 0 Å². The largest absolute Gasteiger partial charge is 0.497 e. The topological polar surface area (TPSA) is 41.6 Å². The highest BCUT2D eigenvalue weighted by molar-refractivity contribution is 5.73. The highest BCUT2D eigenvalue weighted by Gasteiger charge is 2.08. The van der Waals surface area contributed by atoms with Crippen LogP contribution in [0.25, 0.3) is 0 Å². The predicted octanol–water partition coefficient (Wildman–Crippen LogP) is 3.35. The molecule has 0 atom stereocenters. The summed E-state index contributed by atoms with van der Waals surface area (Å²) in [6, 6.07) is 15.8. The van der Waals surface area contributed by atoms with E-state index in [9.17, 15) is 4.79 Å². The standard InChI is InChI=1S/C18H22N2O2/c1-14-5-4-6-16(11-14)12-19-18(21)20(2)13-15-7-9-17(22-3)10-8-15/h4-11H,12-13H2,1-3H3,(H,19,21). The van der Waals surface area contributed by atoms with E-state index in [1.54, 1.807) is 19.1 Å². The lowest BCUT2D eigenvalue weighted by atomic mass is 10.1. The van der Waals surface area contributed by atoms with Gasteiger partial charge in [0.2, 0.25) is 0 Å². The van der Waals surface area contributed by atoms with Crippen molar-refractivity contribution in [1.29, 1.82) is 0 Å². The highest BCUT2D eigenvalue weighted by atomic mass is 16.5. The summed E-state index contributed by atoms with van der Waals surface area (Å²) in [7, 11) is 3.43. The van der Waals surface area contributed by atoms with Crippen molar-refractivity contribution in [3.8, 4) is 5.75 Å². The maximum atomic E-state index is 12.1. The third-order valence-electron chi connectivity index (χ3n) is 3.45. The van der Waals surface area contributed by atoms with E-state index in [-0.39, 0.29) is 6.03 Å². The molecular formula is C18H22N2O2. The number of hydrogen-bond acceptors (Lipinski definition) is 2. The van der Waals surface area contributed by atoms with Crippen LogP contribution in [0.2, 0.25) is 0 Å². The molecule has 0 unspecified atom stereocenters. The third-order valence-corrected chi connectivity index (χ3v) is 3.45. The smallest absolute Gasteiger partial charge is 0.317 e. The minimum Gasteiger partial charge on any atom is -0.497 e. The van der Waals surface area contributed by atoms with Gasteiger partial charge in [-0.3, -0.25) is 0 Å². The van der Waals surface area contributed by atoms with Crippen LogP contribution in [0.15, 0.2) is 48.5 Å². The Kier molecular flexibility index (Phi) is 5.42. The zero-order valence-electron chi connectivity index (χ0n) is 13.3. The molecule has 22 heavy (non-hydrogen) atoms. The molecule has 4 nitrogen and oxygen atoms in total. The molecule has 2 amide bonds. The molecule has 2 rings (SSSR count). The molecule has 0 aliphatic rings. The van der Waals surface area contributed by atoms with Gasteiger partial charge < -0.3 is 15.0 Å². The number of amides is 2. The number of hydrogen-bond donors (Lipinski definition) is 1. The Balaban J connectivity index is 1.86. The van der Waals surface area contributed by atoms with Gasteiger partial charge in [0.15, 0.2) is 0 Å². The van der Waals surface area contributed by atoms with Crippen LogP contribution in [0.1, 0.15) is 16.7 Å². The van der Waals surface area contributed by atoms with Gasteiger partial charge in [0.1, 0.15) is 5.75 Å². The van der Waals surface area contributed by atoms with Gasteiger partial charge in [0.05, 0.1) is 7.11 Å². The molecule has 0 saturated carbocycles. The van der Waals surface area contributed by atoms with Crippen molar-refractivity contribution in [3.63, 3.8) is 0 Å². The van der Waals surface area contributed by atoms with Crippen LogP contribution >= 0.6 is 0 Å². The normalized spacial score (nSPS) is 10.1. The second-order valence-corrected chi connectivity index (χ2v) is 5.35. The van der Waals surface area contributed by atoms with Crippen molar-refractivity contribution in [3.05, 3.63) is 65.2 Å². The molecule has 0 bridgehead atoms. The van der Waals surface area contributed by atoms with Crippen LogP contribution in [0, 0.1) is 6.92 Å². The van der Waals surface area contributed by atoms with E-state index in [1.165, 1.54) is 5.56 Å². The molecule has 0 aromatic heterocycles. The van der Waals surface area contributed by atoms with Crippen molar-refractivity contribution in [2.75, 3.05) is 14.2 Å². The third kappa shape index (κ3) is 4.52.